The number of para-hydroxylation sites is 1. The molecule has 8 heteroatoms. The predicted molar refractivity (Wildman–Crippen MR) is 114 cm³/mol. The van der Waals surface area contributed by atoms with Gasteiger partial charge in [0.1, 0.15) is 16.2 Å². The molecule has 2 aromatic heterocycles. The van der Waals surface area contributed by atoms with E-state index in [0.717, 1.165) is 10.9 Å². The Kier molecular flexibility index (Phi) is 5.33. The highest BCUT2D eigenvalue weighted by atomic mass is 35.5. The molecule has 29 heavy (non-hydrogen) atoms. The summed E-state index contributed by atoms with van der Waals surface area (Å²) in [5.74, 6) is 0.244. The second-order valence-electron chi connectivity index (χ2n) is 6.15. The molecule has 0 aliphatic carbocycles. The number of aryl methyl sites for hydroxylation is 1. The molecule has 2 heterocycles. The van der Waals surface area contributed by atoms with Gasteiger partial charge in [-0.3, -0.25) is 5.43 Å². The number of methoxy groups -OCH3 is 1. The van der Waals surface area contributed by atoms with Crippen LogP contribution in [-0.2, 0) is 4.74 Å². The molecule has 0 fully saturated rings. The summed E-state index contributed by atoms with van der Waals surface area (Å²) >= 11 is 7.18. The number of carbonyl (C=O) groups excluding carboxylic acids is 1. The number of nitrogens with zero attached hydrogens (tertiary/aromatic N) is 2. The SMILES string of the molecule is COC(=O)c1sc(N/N=c2\cc(-c3ccc(Cl)cc3)oc3ccccc23)nc1C. The van der Waals surface area contributed by atoms with Crippen LogP contribution in [-0.4, -0.2) is 18.1 Å². The van der Waals surface area contributed by atoms with E-state index in [4.69, 9.17) is 20.8 Å². The van der Waals surface area contributed by atoms with Gasteiger partial charge in [0, 0.05) is 22.0 Å². The first-order chi connectivity index (χ1) is 14.0. The number of anilines is 1. The zero-order valence-electron chi connectivity index (χ0n) is 15.6. The van der Waals surface area contributed by atoms with E-state index in [1.165, 1.54) is 18.4 Å². The first-order valence-electron chi connectivity index (χ1n) is 8.69. The maximum Gasteiger partial charge on any atom is 0.350 e. The molecule has 0 amide bonds. The molecule has 0 unspecified atom stereocenters. The summed E-state index contributed by atoms with van der Waals surface area (Å²) in [4.78, 5) is 16.6. The van der Waals surface area contributed by atoms with Crippen LogP contribution in [0.1, 0.15) is 15.4 Å². The first kappa shape index (κ1) is 19.2. The Bertz CT molecular complexity index is 1260. The van der Waals surface area contributed by atoms with Crippen molar-refractivity contribution in [2.75, 3.05) is 12.5 Å². The maximum atomic E-state index is 11.8. The van der Waals surface area contributed by atoms with E-state index < -0.39 is 5.97 Å². The van der Waals surface area contributed by atoms with E-state index in [1.54, 1.807) is 6.92 Å². The minimum absolute atomic E-state index is 0.415. The molecular weight excluding hydrogens is 410 g/mol. The van der Waals surface area contributed by atoms with Gasteiger partial charge in [-0.2, -0.15) is 5.10 Å². The van der Waals surface area contributed by atoms with Crippen LogP contribution in [0, 0.1) is 6.92 Å². The Morgan fingerprint density at radius 3 is 2.72 bits per heavy atom. The van der Waals surface area contributed by atoms with Gasteiger partial charge < -0.3 is 9.15 Å². The normalized spacial score (nSPS) is 11.6. The smallest absolute Gasteiger partial charge is 0.350 e. The molecule has 0 bridgehead atoms. The number of esters is 1. The summed E-state index contributed by atoms with van der Waals surface area (Å²) in [6.45, 7) is 1.75. The number of halogens is 1. The zero-order chi connectivity index (χ0) is 20.4. The fourth-order valence-corrected chi connectivity index (χ4v) is 3.75. The minimum atomic E-state index is -0.415. The van der Waals surface area contributed by atoms with Gasteiger partial charge in [0.2, 0.25) is 5.13 Å². The lowest BCUT2D eigenvalue weighted by Gasteiger charge is -2.05. The second-order valence-corrected chi connectivity index (χ2v) is 7.58. The van der Waals surface area contributed by atoms with Crippen molar-refractivity contribution in [2.24, 2.45) is 5.10 Å². The van der Waals surface area contributed by atoms with Crippen molar-refractivity contribution in [1.29, 1.82) is 0 Å². The van der Waals surface area contributed by atoms with Gasteiger partial charge in [0.25, 0.3) is 0 Å². The third-order valence-corrected chi connectivity index (χ3v) is 5.51. The largest absolute Gasteiger partial charge is 0.465 e. The lowest BCUT2D eigenvalue weighted by Crippen LogP contribution is -2.07. The zero-order valence-corrected chi connectivity index (χ0v) is 17.2. The molecule has 0 saturated heterocycles. The number of hydrogen-bond donors (Lipinski definition) is 1. The number of aromatic nitrogens is 1. The molecule has 6 nitrogen and oxygen atoms in total. The third kappa shape index (κ3) is 4.01. The number of fused-ring (bicyclic) bond motifs is 1. The Balaban J connectivity index is 1.78. The average Bonchev–Trinajstić information content (AvgIpc) is 3.12. The highest BCUT2D eigenvalue weighted by Gasteiger charge is 2.15. The molecule has 0 spiro atoms. The molecule has 1 N–H and O–H groups in total. The molecule has 146 valence electrons. The van der Waals surface area contributed by atoms with Gasteiger partial charge >= 0.3 is 5.97 Å². The number of benzene rings is 2. The molecule has 0 atom stereocenters. The summed E-state index contributed by atoms with van der Waals surface area (Å²) in [5.41, 5.74) is 5.12. The van der Waals surface area contributed by atoms with Gasteiger partial charge in [0.15, 0.2) is 0 Å². The van der Waals surface area contributed by atoms with Crippen molar-refractivity contribution in [3.63, 3.8) is 0 Å². The number of rotatable bonds is 4. The fraction of sp³-hybridized carbons (Fsp3) is 0.0952. The molecule has 4 rings (SSSR count). The van der Waals surface area contributed by atoms with Crippen molar-refractivity contribution in [1.82, 2.24) is 4.98 Å². The lowest BCUT2D eigenvalue weighted by atomic mass is 10.1. The van der Waals surface area contributed by atoms with Crippen LogP contribution in [0.2, 0.25) is 5.02 Å². The van der Waals surface area contributed by atoms with Gasteiger partial charge in [-0.15, -0.1) is 0 Å². The topological polar surface area (TPSA) is 76.7 Å². The van der Waals surface area contributed by atoms with Crippen molar-refractivity contribution in [3.05, 3.63) is 75.5 Å². The quantitative estimate of drug-likeness (QED) is 0.357. The average molecular weight is 426 g/mol. The molecule has 0 aliphatic rings. The third-order valence-electron chi connectivity index (χ3n) is 4.22. The summed E-state index contributed by atoms with van der Waals surface area (Å²) in [7, 11) is 1.34. The summed E-state index contributed by atoms with van der Waals surface area (Å²) in [6, 6.07) is 16.9. The molecule has 4 aromatic rings. The van der Waals surface area contributed by atoms with Gasteiger partial charge in [-0.25, -0.2) is 9.78 Å². The number of thiazole rings is 1. The van der Waals surface area contributed by atoms with E-state index in [1.807, 2.05) is 54.6 Å². The standard InChI is InChI=1S/C21H16ClN3O3S/c1-12-19(20(26)27-2)29-21(23-12)25-24-16-11-18(13-7-9-14(22)10-8-13)28-17-6-4-3-5-15(16)17/h3-11H,1-2H3,(H,23,25)/b24-16+. The number of ether oxygens (including phenoxy) is 1. The second kappa shape index (κ2) is 8.06. The molecule has 0 radical (unpaired) electrons. The van der Waals surface area contributed by atoms with Crippen LogP contribution >= 0.6 is 22.9 Å². The first-order valence-corrected chi connectivity index (χ1v) is 9.89. The monoisotopic (exact) mass is 425 g/mol. The van der Waals surface area contributed by atoms with Crippen molar-refractivity contribution < 1.29 is 13.9 Å². The van der Waals surface area contributed by atoms with Crippen LogP contribution in [0.4, 0.5) is 5.13 Å². The summed E-state index contributed by atoms with van der Waals surface area (Å²) in [6.07, 6.45) is 0. The number of nitrogens with one attached hydrogen (secondary N) is 1. The molecule has 0 aliphatic heterocycles. The van der Waals surface area contributed by atoms with E-state index in [0.29, 0.717) is 37.4 Å². The lowest BCUT2D eigenvalue weighted by molar-refractivity contribution is 0.0605. The Labute approximate surface area is 175 Å². The van der Waals surface area contributed by atoms with Gasteiger partial charge in [-0.1, -0.05) is 35.1 Å². The van der Waals surface area contributed by atoms with Crippen LogP contribution in [0.5, 0.6) is 0 Å². The Morgan fingerprint density at radius 1 is 1.21 bits per heavy atom. The number of carbonyl (C=O) groups is 1. The summed E-state index contributed by atoms with van der Waals surface area (Å²) < 4.78 is 10.8. The summed E-state index contributed by atoms with van der Waals surface area (Å²) in [5, 5.41) is 7.19. The van der Waals surface area contributed by atoms with Crippen molar-refractivity contribution >= 4 is 45.0 Å². The van der Waals surface area contributed by atoms with Gasteiger partial charge in [0.05, 0.1) is 18.2 Å². The molecule has 0 saturated carbocycles. The Morgan fingerprint density at radius 2 is 1.97 bits per heavy atom. The fourth-order valence-electron chi connectivity index (χ4n) is 2.80. The van der Waals surface area contributed by atoms with E-state index in [-0.39, 0.29) is 0 Å². The van der Waals surface area contributed by atoms with Crippen molar-refractivity contribution in [2.45, 2.75) is 6.92 Å². The highest BCUT2D eigenvalue weighted by molar-refractivity contribution is 7.17. The number of hydrogen-bond acceptors (Lipinski definition) is 7. The van der Waals surface area contributed by atoms with Crippen LogP contribution in [0.15, 0.2) is 64.1 Å². The van der Waals surface area contributed by atoms with Crippen LogP contribution in [0.3, 0.4) is 0 Å². The Hall–Kier alpha value is -3.16. The maximum absolute atomic E-state index is 11.8. The van der Waals surface area contributed by atoms with E-state index in [9.17, 15) is 4.79 Å². The highest BCUT2D eigenvalue weighted by Crippen LogP contribution is 2.25. The predicted octanol–water partition coefficient (Wildman–Crippen LogP) is 5.23. The minimum Gasteiger partial charge on any atom is -0.465 e. The molecular formula is C21H16ClN3O3S. The van der Waals surface area contributed by atoms with E-state index >= 15 is 0 Å². The van der Waals surface area contributed by atoms with Gasteiger partial charge in [-0.05, 0) is 43.3 Å². The molecule has 2 aromatic carbocycles. The van der Waals surface area contributed by atoms with E-state index in [2.05, 4.69) is 15.5 Å². The van der Waals surface area contributed by atoms with Crippen molar-refractivity contribution in [3.8, 4) is 11.3 Å². The van der Waals surface area contributed by atoms with Crippen LogP contribution < -0.4 is 10.8 Å². The van der Waals surface area contributed by atoms with Crippen LogP contribution in [0.25, 0.3) is 22.3 Å².